The zero-order chi connectivity index (χ0) is 16.2. The molecule has 1 saturated carbocycles. The lowest BCUT2D eigenvalue weighted by Gasteiger charge is -2.42. The Bertz CT molecular complexity index is 559. The molecule has 1 aliphatic carbocycles. The fourth-order valence-corrected chi connectivity index (χ4v) is 3.35. The summed E-state index contributed by atoms with van der Waals surface area (Å²) in [7, 11) is 0. The molecule has 3 rings (SSSR count). The molecule has 1 aromatic heterocycles. The zero-order valence-electron chi connectivity index (χ0n) is 13.2. The lowest BCUT2D eigenvalue weighted by atomic mass is 9.85. The highest BCUT2D eigenvalue weighted by Gasteiger charge is 2.37. The Balaban J connectivity index is 1.69. The van der Waals surface area contributed by atoms with Crippen LogP contribution in [-0.2, 0) is 16.1 Å². The van der Waals surface area contributed by atoms with E-state index in [0.29, 0.717) is 25.6 Å². The molecule has 1 aromatic rings. The van der Waals surface area contributed by atoms with E-state index in [2.05, 4.69) is 4.98 Å². The van der Waals surface area contributed by atoms with Crippen molar-refractivity contribution < 1.29 is 14.7 Å². The van der Waals surface area contributed by atoms with Gasteiger partial charge in [-0.3, -0.25) is 19.5 Å². The van der Waals surface area contributed by atoms with E-state index in [1.54, 1.807) is 12.4 Å². The Morgan fingerprint density at radius 2 is 2.17 bits per heavy atom. The van der Waals surface area contributed by atoms with Crippen molar-refractivity contribution >= 4 is 11.9 Å². The number of hydrogen-bond donors (Lipinski definition) is 1. The highest BCUT2D eigenvalue weighted by Crippen LogP contribution is 2.28. The van der Waals surface area contributed by atoms with Crippen molar-refractivity contribution in [2.75, 3.05) is 19.6 Å². The van der Waals surface area contributed by atoms with Crippen LogP contribution in [0.1, 0.15) is 31.2 Å². The predicted molar refractivity (Wildman–Crippen MR) is 84.6 cm³/mol. The summed E-state index contributed by atoms with van der Waals surface area (Å²) in [6, 6.07) is 3.24. The predicted octanol–water partition coefficient (Wildman–Crippen LogP) is 1.37. The van der Waals surface area contributed by atoms with Crippen LogP contribution in [0, 0.1) is 5.92 Å². The number of rotatable bonds is 6. The molecule has 0 spiro atoms. The molecule has 23 heavy (non-hydrogen) atoms. The van der Waals surface area contributed by atoms with E-state index in [1.807, 2.05) is 21.9 Å². The molecule has 1 atom stereocenters. The molecule has 2 fully saturated rings. The van der Waals surface area contributed by atoms with Crippen LogP contribution < -0.4 is 0 Å². The second-order valence-corrected chi connectivity index (χ2v) is 6.53. The average molecular weight is 317 g/mol. The first-order valence-corrected chi connectivity index (χ1v) is 8.27. The van der Waals surface area contributed by atoms with Gasteiger partial charge in [-0.05, 0) is 30.4 Å². The minimum Gasteiger partial charge on any atom is -0.481 e. The molecule has 1 amide bonds. The molecule has 2 aliphatic rings. The normalized spacial score (nSPS) is 22.9. The highest BCUT2D eigenvalue weighted by molar-refractivity contribution is 5.86. The van der Waals surface area contributed by atoms with Crippen LogP contribution >= 0.6 is 0 Å². The molecular formula is C17H23N3O3. The minimum atomic E-state index is -0.926. The molecule has 1 aliphatic heterocycles. The van der Waals surface area contributed by atoms with Gasteiger partial charge in [-0.25, -0.2) is 0 Å². The molecule has 124 valence electrons. The second kappa shape index (κ2) is 7.08. The van der Waals surface area contributed by atoms with Gasteiger partial charge in [0.1, 0.15) is 6.04 Å². The number of aliphatic carboxylic acids is 1. The van der Waals surface area contributed by atoms with Crippen molar-refractivity contribution in [1.82, 2.24) is 14.8 Å². The summed E-state index contributed by atoms with van der Waals surface area (Å²) < 4.78 is 0. The molecule has 1 saturated heterocycles. The summed E-state index contributed by atoms with van der Waals surface area (Å²) in [4.78, 5) is 31.9. The molecule has 0 radical (unpaired) electrons. The maximum atomic E-state index is 12.7. The van der Waals surface area contributed by atoms with Gasteiger partial charge >= 0.3 is 5.97 Å². The first-order chi connectivity index (χ1) is 11.1. The molecule has 1 unspecified atom stereocenters. The molecule has 0 aromatic carbocycles. The Kier molecular flexibility index (Phi) is 4.91. The van der Waals surface area contributed by atoms with Crippen molar-refractivity contribution in [3.8, 4) is 0 Å². The number of pyridine rings is 1. The molecule has 0 bridgehead atoms. The second-order valence-electron chi connectivity index (χ2n) is 6.53. The molecule has 2 heterocycles. The van der Waals surface area contributed by atoms with E-state index in [0.717, 1.165) is 12.1 Å². The number of carbonyl (C=O) groups excluding carboxylic acids is 1. The number of carboxylic acid groups (broad SMARTS) is 1. The summed E-state index contributed by atoms with van der Waals surface area (Å²) in [5.41, 5.74) is 1.00. The molecular weight excluding hydrogens is 294 g/mol. The highest BCUT2D eigenvalue weighted by atomic mass is 16.4. The van der Waals surface area contributed by atoms with Gasteiger partial charge in [0.25, 0.3) is 0 Å². The van der Waals surface area contributed by atoms with Gasteiger partial charge in [-0.2, -0.15) is 0 Å². The van der Waals surface area contributed by atoms with Gasteiger partial charge < -0.3 is 10.0 Å². The average Bonchev–Trinajstić information content (AvgIpc) is 2.49. The van der Waals surface area contributed by atoms with Gasteiger partial charge in [0, 0.05) is 38.6 Å². The van der Waals surface area contributed by atoms with Gasteiger partial charge in [-0.15, -0.1) is 0 Å². The number of amides is 1. The topological polar surface area (TPSA) is 73.7 Å². The maximum absolute atomic E-state index is 12.7. The number of carbonyl (C=O) groups is 2. The summed E-state index contributed by atoms with van der Waals surface area (Å²) in [6.07, 6.45) is 6.96. The van der Waals surface area contributed by atoms with Gasteiger partial charge in [-0.1, -0.05) is 12.5 Å². The third-order valence-electron chi connectivity index (χ3n) is 4.87. The van der Waals surface area contributed by atoms with Crippen molar-refractivity contribution in [2.24, 2.45) is 5.92 Å². The molecule has 1 N–H and O–H groups in total. The van der Waals surface area contributed by atoms with Crippen molar-refractivity contribution in [3.05, 3.63) is 30.1 Å². The summed E-state index contributed by atoms with van der Waals surface area (Å²) in [5.74, 6) is -0.353. The smallest absolute Gasteiger partial charge is 0.305 e. The number of piperazine rings is 1. The summed E-state index contributed by atoms with van der Waals surface area (Å²) >= 11 is 0. The number of hydrogen-bond acceptors (Lipinski definition) is 4. The van der Waals surface area contributed by atoms with Crippen LogP contribution in [0.4, 0.5) is 0 Å². The van der Waals surface area contributed by atoms with E-state index < -0.39 is 12.0 Å². The Morgan fingerprint density at radius 1 is 1.35 bits per heavy atom. The van der Waals surface area contributed by atoms with E-state index >= 15 is 0 Å². The number of nitrogens with zero attached hydrogens (tertiary/aromatic N) is 3. The summed E-state index contributed by atoms with van der Waals surface area (Å²) in [6.45, 7) is 2.75. The van der Waals surface area contributed by atoms with E-state index in [4.69, 9.17) is 0 Å². The van der Waals surface area contributed by atoms with Gasteiger partial charge in [0.05, 0.1) is 6.42 Å². The standard InChI is InChI=1S/C17H23N3O3/c21-16(22)9-15-17(23)20(11-13-3-1-4-13)8-7-19(15)12-14-5-2-6-18-10-14/h2,5-6,10,13,15H,1,3-4,7-9,11-12H2,(H,21,22). The van der Waals surface area contributed by atoms with E-state index in [9.17, 15) is 14.7 Å². The summed E-state index contributed by atoms with van der Waals surface area (Å²) in [5, 5.41) is 9.18. The van der Waals surface area contributed by atoms with Crippen LogP contribution in [0.25, 0.3) is 0 Å². The fraction of sp³-hybridized carbons (Fsp3) is 0.588. The first-order valence-electron chi connectivity index (χ1n) is 8.27. The first kappa shape index (κ1) is 15.9. The lowest BCUT2D eigenvalue weighted by Crippen LogP contribution is -2.58. The molecule has 6 heteroatoms. The van der Waals surface area contributed by atoms with Crippen molar-refractivity contribution in [3.63, 3.8) is 0 Å². The van der Waals surface area contributed by atoms with Crippen LogP contribution in [0.3, 0.4) is 0 Å². The fourth-order valence-electron chi connectivity index (χ4n) is 3.35. The van der Waals surface area contributed by atoms with E-state index in [-0.39, 0.29) is 12.3 Å². The monoisotopic (exact) mass is 317 g/mol. The lowest BCUT2D eigenvalue weighted by molar-refractivity contribution is -0.150. The Morgan fingerprint density at radius 3 is 2.78 bits per heavy atom. The molecule has 6 nitrogen and oxygen atoms in total. The minimum absolute atomic E-state index is 0.0329. The number of carboxylic acids is 1. The third kappa shape index (κ3) is 3.88. The Hall–Kier alpha value is -1.95. The third-order valence-corrected chi connectivity index (χ3v) is 4.87. The van der Waals surface area contributed by atoms with Crippen LogP contribution in [-0.4, -0.2) is 57.4 Å². The van der Waals surface area contributed by atoms with Gasteiger partial charge in [0.2, 0.25) is 5.91 Å². The Labute approximate surface area is 136 Å². The van der Waals surface area contributed by atoms with Crippen LogP contribution in [0.2, 0.25) is 0 Å². The maximum Gasteiger partial charge on any atom is 0.305 e. The van der Waals surface area contributed by atoms with Gasteiger partial charge in [0.15, 0.2) is 0 Å². The quantitative estimate of drug-likeness (QED) is 0.858. The van der Waals surface area contributed by atoms with Crippen molar-refractivity contribution in [2.45, 2.75) is 38.3 Å². The number of aromatic nitrogens is 1. The SMILES string of the molecule is O=C(O)CC1C(=O)N(CC2CCC2)CCN1Cc1cccnc1. The van der Waals surface area contributed by atoms with Crippen LogP contribution in [0.15, 0.2) is 24.5 Å². The largest absolute Gasteiger partial charge is 0.481 e. The van der Waals surface area contributed by atoms with E-state index in [1.165, 1.54) is 19.3 Å². The van der Waals surface area contributed by atoms with Crippen LogP contribution in [0.5, 0.6) is 0 Å². The zero-order valence-corrected chi connectivity index (χ0v) is 13.2. The van der Waals surface area contributed by atoms with Crippen molar-refractivity contribution in [1.29, 1.82) is 0 Å².